The molecule has 0 aliphatic rings. The van der Waals surface area contributed by atoms with E-state index >= 15 is 0 Å². The summed E-state index contributed by atoms with van der Waals surface area (Å²) in [5.41, 5.74) is 5.56. The number of amides is 1. The molecule has 0 radical (unpaired) electrons. The Morgan fingerprint density at radius 3 is 2.71 bits per heavy atom. The molecule has 6 nitrogen and oxygen atoms in total. The Labute approximate surface area is 183 Å². The number of nitrogens with zero attached hydrogens (tertiary/aromatic N) is 1. The normalized spacial score (nSPS) is 11.1. The smallest absolute Gasteiger partial charge is 0.305 e. The van der Waals surface area contributed by atoms with Gasteiger partial charge in [-0.2, -0.15) is 0 Å². The summed E-state index contributed by atoms with van der Waals surface area (Å²) in [6, 6.07) is 10.2. The summed E-state index contributed by atoms with van der Waals surface area (Å²) in [6.07, 6.45) is 6.56. The van der Waals surface area contributed by atoms with Crippen LogP contribution in [0, 0.1) is 5.92 Å². The molecule has 31 heavy (non-hydrogen) atoms. The van der Waals surface area contributed by atoms with Gasteiger partial charge >= 0.3 is 5.97 Å². The first-order valence-corrected chi connectivity index (χ1v) is 10.8. The molecule has 3 aromatic rings. The number of carbonyl (C=O) groups is 2. The van der Waals surface area contributed by atoms with Gasteiger partial charge in [-0.1, -0.05) is 32.0 Å². The molecule has 0 saturated carbocycles. The van der Waals surface area contributed by atoms with Crippen LogP contribution in [-0.4, -0.2) is 35.5 Å². The zero-order chi connectivity index (χ0) is 22.2. The second-order valence-electron chi connectivity index (χ2n) is 8.23. The van der Waals surface area contributed by atoms with Crippen molar-refractivity contribution in [3.05, 3.63) is 65.1 Å². The van der Waals surface area contributed by atoms with Gasteiger partial charge in [0.25, 0.3) is 0 Å². The van der Waals surface area contributed by atoms with Crippen molar-refractivity contribution in [2.45, 2.75) is 46.0 Å². The van der Waals surface area contributed by atoms with Gasteiger partial charge in [0.1, 0.15) is 0 Å². The van der Waals surface area contributed by atoms with E-state index in [1.807, 2.05) is 32.2 Å². The molecular weight excluding hydrogens is 390 g/mol. The van der Waals surface area contributed by atoms with Crippen molar-refractivity contribution in [1.82, 2.24) is 15.3 Å². The molecule has 0 bridgehead atoms. The van der Waals surface area contributed by atoms with Gasteiger partial charge in [0.05, 0.1) is 13.5 Å². The van der Waals surface area contributed by atoms with Crippen LogP contribution >= 0.6 is 0 Å². The van der Waals surface area contributed by atoms with Crippen LogP contribution in [0.3, 0.4) is 0 Å². The lowest BCUT2D eigenvalue weighted by atomic mass is 9.96. The number of hydrogen-bond donors (Lipinski definition) is 2. The highest BCUT2D eigenvalue weighted by atomic mass is 16.5. The molecule has 3 rings (SSSR count). The van der Waals surface area contributed by atoms with Crippen LogP contribution in [0.5, 0.6) is 0 Å². The molecule has 0 aliphatic heterocycles. The Balaban J connectivity index is 1.89. The molecule has 164 valence electrons. The van der Waals surface area contributed by atoms with Gasteiger partial charge in [-0.15, -0.1) is 0 Å². The number of pyridine rings is 1. The van der Waals surface area contributed by atoms with Crippen molar-refractivity contribution in [2.24, 2.45) is 5.92 Å². The maximum Gasteiger partial charge on any atom is 0.305 e. The number of fused-ring (bicyclic) bond motifs is 1. The molecular formula is C25H31N3O3. The Morgan fingerprint density at radius 1 is 1.16 bits per heavy atom. The highest BCUT2D eigenvalue weighted by molar-refractivity contribution is 5.88. The molecule has 0 unspecified atom stereocenters. The third-order valence-electron chi connectivity index (χ3n) is 5.32. The Hall–Kier alpha value is -3.15. The number of H-pyrrole nitrogens is 1. The van der Waals surface area contributed by atoms with Crippen LogP contribution in [0.2, 0.25) is 0 Å². The lowest BCUT2D eigenvalue weighted by Gasteiger charge is -2.10. The molecule has 1 amide bonds. The van der Waals surface area contributed by atoms with Crippen LogP contribution in [0.4, 0.5) is 0 Å². The highest BCUT2D eigenvalue weighted by Gasteiger charge is 2.17. The van der Waals surface area contributed by atoms with Crippen LogP contribution in [0.25, 0.3) is 10.9 Å². The topological polar surface area (TPSA) is 84.1 Å². The van der Waals surface area contributed by atoms with E-state index in [0.717, 1.165) is 29.6 Å². The van der Waals surface area contributed by atoms with E-state index in [4.69, 9.17) is 4.74 Å². The lowest BCUT2D eigenvalue weighted by molar-refractivity contribution is -0.140. The second-order valence-corrected chi connectivity index (χ2v) is 8.23. The fourth-order valence-electron chi connectivity index (χ4n) is 3.88. The maximum absolute atomic E-state index is 12.0. The van der Waals surface area contributed by atoms with Gasteiger partial charge in [0.2, 0.25) is 5.91 Å². The van der Waals surface area contributed by atoms with Crippen LogP contribution in [-0.2, 0) is 33.6 Å². The standard InChI is InChI=1S/C25H31N3O3/c1-17(2)14-23(29)27-13-11-19-7-4-8-22-25(19)20(15-18-6-5-12-26-16-18)21(28-22)9-10-24(30)31-3/h4-8,12,16-17,28H,9-11,13-15H2,1-3H3,(H,27,29). The summed E-state index contributed by atoms with van der Waals surface area (Å²) in [6.45, 7) is 4.68. The second kappa shape index (κ2) is 10.8. The molecule has 2 heterocycles. The SMILES string of the molecule is COC(=O)CCc1[nH]c2cccc(CCNC(=O)CC(C)C)c2c1Cc1cccnc1. The predicted octanol–water partition coefficient (Wildman–Crippen LogP) is 3.96. The minimum atomic E-state index is -0.223. The number of carbonyl (C=O) groups excluding carboxylic acids is 2. The third kappa shape index (κ3) is 6.17. The number of benzene rings is 1. The van der Waals surface area contributed by atoms with Gasteiger partial charge < -0.3 is 15.0 Å². The fourth-order valence-corrected chi connectivity index (χ4v) is 3.88. The van der Waals surface area contributed by atoms with Crippen LogP contribution < -0.4 is 5.32 Å². The summed E-state index contributed by atoms with van der Waals surface area (Å²) in [4.78, 5) is 31.5. The first kappa shape index (κ1) is 22.5. The van der Waals surface area contributed by atoms with Crippen molar-refractivity contribution < 1.29 is 14.3 Å². The fraction of sp³-hybridized carbons (Fsp3) is 0.400. The summed E-state index contributed by atoms with van der Waals surface area (Å²) >= 11 is 0. The summed E-state index contributed by atoms with van der Waals surface area (Å²) in [5, 5.41) is 4.20. The number of aromatic nitrogens is 2. The van der Waals surface area contributed by atoms with E-state index in [9.17, 15) is 9.59 Å². The van der Waals surface area contributed by atoms with Crippen molar-refractivity contribution in [3.63, 3.8) is 0 Å². The van der Waals surface area contributed by atoms with E-state index in [0.29, 0.717) is 31.7 Å². The Bertz CT molecular complexity index is 1030. The van der Waals surface area contributed by atoms with Gasteiger partial charge in [-0.3, -0.25) is 14.6 Å². The number of hydrogen-bond acceptors (Lipinski definition) is 4. The van der Waals surface area contributed by atoms with Gasteiger partial charge in [0, 0.05) is 48.4 Å². The van der Waals surface area contributed by atoms with E-state index < -0.39 is 0 Å². The molecule has 0 saturated heterocycles. The van der Waals surface area contributed by atoms with Crippen LogP contribution in [0.15, 0.2) is 42.7 Å². The lowest BCUT2D eigenvalue weighted by Crippen LogP contribution is -2.26. The summed E-state index contributed by atoms with van der Waals surface area (Å²) in [7, 11) is 1.41. The zero-order valence-electron chi connectivity index (χ0n) is 18.5. The van der Waals surface area contributed by atoms with Crippen molar-refractivity contribution >= 4 is 22.8 Å². The van der Waals surface area contributed by atoms with Crippen molar-refractivity contribution in [1.29, 1.82) is 0 Å². The number of esters is 1. The monoisotopic (exact) mass is 421 g/mol. The van der Waals surface area contributed by atoms with Gasteiger partial charge in [-0.25, -0.2) is 0 Å². The summed E-state index contributed by atoms with van der Waals surface area (Å²) < 4.78 is 4.83. The molecule has 0 spiro atoms. The van der Waals surface area contributed by atoms with Crippen LogP contribution in [0.1, 0.15) is 49.1 Å². The Kier molecular flexibility index (Phi) is 7.82. The molecule has 2 N–H and O–H groups in total. The average Bonchev–Trinajstić information content (AvgIpc) is 3.10. The molecule has 2 aromatic heterocycles. The van der Waals surface area contributed by atoms with E-state index in [-0.39, 0.29) is 11.9 Å². The quantitative estimate of drug-likeness (QED) is 0.485. The van der Waals surface area contributed by atoms with Crippen molar-refractivity contribution in [3.8, 4) is 0 Å². The van der Waals surface area contributed by atoms with E-state index in [2.05, 4.69) is 33.5 Å². The van der Waals surface area contributed by atoms with E-state index in [1.165, 1.54) is 23.6 Å². The minimum absolute atomic E-state index is 0.0885. The number of rotatable bonds is 10. The average molecular weight is 422 g/mol. The molecule has 6 heteroatoms. The van der Waals surface area contributed by atoms with Gasteiger partial charge in [0.15, 0.2) is 0 Å². The highest BCUT2D eigenvalue weighted by Crippen LogP contribution is 2.29. The van der Waals surface area contributed by atoms with E-state index in [1.54, 1.807) is 6.20 Å². The predicted molar refractivity (Wildman–Crippen MR) is 122 cm³/mol. The first-order valence-electron chi connectivity index (χ1n) is 10.8. The minimum Gasteiger partial charge on any atom is -0.469 e. The number of nitrogens with one attached hydrogen (secondary N) is 2. The first-order chi connectivity index (χ1) is 15.0. The molecule has 0 aliphatic carbocycles. The molecule has 0 fully saturated rings. The number of methoxy groups -OCH3 is 1. The maximum atomic E-state index is 12.0. The largest absolute Gasteiger partial charge is 0.469 e. The van der Waals surface area contributed by atoms with Crippen molar-refractivity contribution in [2.75, 3.05) is 13.7 Å². The number of aromatic amines is 1. The zero-order valence-corrected chi connectivity index (χ0v) is 18.5. The Morgan fingerprint density at radius 2 is 2.00 bits per heavy atom. The molecule has 0 atom stereocenters. The third-order valence-corrected chi connectivity index (χ3v) is 5.32. The number of aryl methyl sites for hydroxylation is 1. The summed E-state index contributed by atoms with van der Waals surface area (Å²) in [5.74, 6) is 0.209. The number of ether oxygens (including phenoxy) is 1. The van der Waals surface area contributed by atoms with Gasteiger partial charge in [-0.05, 0) is 47.6 Å². The molecule has 1 aromatic carbocycles.